The van der Waals surface area contributed by atoms with Crippen molar-refractivity contribution in [2.45, 2.75) is 25.7 Å². The second kappa shape index (κ2) is 6.78. The van der Waals surface area contributed by atoms with E-state index in [0.717, 1.165) is 16.3 Å². The van der Waals surface area contributed by atoms with Crippen LogP contribution in [0.1, 0.15) is 32.7 Å². The van der Waals surface area contributed by atoms with Crippen molar-refractivity contribution < 1.29 is 14.3 Å². The molecule has 0 saturated carbocycles. The van der Waals surface area contributed by atoms with Gasteiger partial charge in [-0.1, -0.05) is 42.5 Å². The van der Waals surface area contributed by atoms with Gasteiger partial charge in [0.15, 0.2) is 11.9 Å². The van der Waals surface area contributed by atoms with Gasteiger partial charge < -0.3 is 9.47 Å². The van der Waals surface area contributed by atoms with Crippen molar-refractivity contribution in [3.63, 3.8) is 0 Å². The number of para-hydroxylation sites is 1. The van der Waals surface area contributed by atoms with Gasteiger partial charge in [0.2, 0.25) is 0 Å². The number of epoxide rings is 1. The highest BCUT2D eigenvalue weighted by molar-refractivity contribution is 7.09. The molecule has 0 N–H and O–H groups in total. The van der Waals surface area contributed by atoms with Crippen LogP contribution in [-0.2, 0) is 11.3 Å². The van der Waals surface area contributed by atoms with Crippen LogP contribution in [-0.4, -0.2) is 16.9 Å². The molecule has 2 heterocycles. The third kappa shape index (κ3) is 3.48. The van der Waals surface area contributed by atoms with Crippen LogP contribution < -0.4 is 4.74 Å². The van der Waals surface area contributed by atoms with Crippen molar-refractivity contribution in [3.8, 4) is 5.75 Å². The predicted octanol–water partition coefficient (Wildman–Crippen LogP) is 4.35. The van der Waals surface area contributed by atoms with Crippen molar-refractivity contribution in [3.05, 3.63) is 81.8 Å². The summed E-state index contributed by atoms with van der Waals surface area (Å²) >= 11 is 1.56. The molecular weight excluding hydrogens is 334 g/mol. The number of ketones is 1. The maximum Gasteiger partial charge on any atom is 0.198 e. The largest absolute Gasteiger partial charge is 0.488 e. The number of nitrogens with zero attached hydrogens (tertiary/aromatic N) is 1. The molecule has 1 saturated heterocycles. The molecule has 5 heteroatoms. The van der Waals surface area contributed by atoms with Crippen molar-refractivity contribution in [2.24, 2.45) is 0 Å². The maximum atomic E-state index is 12.8. The van der Waals surface area contributed by atoms with Gasteiger partial charge in [0.1, 0.15) is 18.5 Å². The summed E-state index contributed by atoms with van der Waals surface area (Å²) in [6.07, 6.45) is -0.706. The van der Waals surface area contributed by atoms with Crippen LogP contribution in [0.4, 0.5) is 0 Å². The maximum absolute atomic E-state index is 12.8. The summed E-state index contributed by atoms with van der Waals surface area (Å²) in [5, 5.41) is 2.92. The standard InChI is InChI=1S/C20H17NO3S/c1-13-21-16(12-25-13)19-20(24-19)18(22)15-9-5-6-10-17(15)23-11-14-7-3-2-4-8-14/h2-10,12,19-20H,11H2,1H3/t19-,20-/m1/s1. The summed E-state index contributed by atoms with van der Waals surface area (Å²) in [6.45, 7) is 2.37. The average molecular weight is 351 g/mol. The number of rotatable bonds is 6. The molecule has 0 bridgehead atoms. The molecule has 1 aliphatic heterocycles. The molecule has 0 amide bonds. The van der Waals surface area contributed by atoms with Crippen molar-refractivity contribution >= 4 is 17.1 Å². The van der Waals surface area contributed by atoms with Crippen molar-refractivity contribution in [1.82, 2.24) is 4.98 Å². The number of aromatic nitrogens is 1. The number of carbonyl (C=O) groups is 1. The lowest BCUT2D eigenvalue weighted by Gasteiger charge is -2.10. The van der Waals surface area contributed by atoms with Gasteiger partial charge in [0.25, 0.3) is 0 Å². The highest BCUT2D eigenvalue weighted by Gasteiger charge is 2.48. The monoisotopic (exact) mass is 351 g/mol. The van der Waals surface area contributed by atoms with E-state index < -0.39 is 6.10 Å². The minimum atomic E-state index is -0.469. The molecule has 0 radical (unpaired) electrons. The van der Waals surface area contributed by atoms with Crippen LogP contribution in [0.25, 0.3) is 0 Å². The Morgan fingerprint density at radius 3 is 2.68 bits per heavy atom. The van der Waals surface area contributed by atoms with Crippen molar-refractivity contribution in [1.29, 1.82) is 0 Å². The molecular formula is C20H17NO3S. The van der Waals surface area contributed by atoms with E-state index in [4.69, 9.17) is 9.47 Å². The van der Waals surface area contributed by atoms with Gasteiger partial charge in [-0.05, 0) is 24.6 Å². The van der Waals surface area contributed by atoms with E-state index in [0.29, 0.717) is 17.9 Å². The van der Waals surface area contributed by atoms with Crippen LogP contribution in [0.3, 0.4) is 0 Å². The molecule has 1 aliphatic rings. The zero-order chi connectivity index (χ0) is 17.2. The van der Waals surface area contributed by atoms with Gasteiger partial charge in [-0.25, -0.2) is 4.98 Å². The normalized spacial score (nSPS) is 18.8. The molecule has 0 unspecified atom stereocenters. The van der Waals surface area contributed by atoms with E-state index in [2.05, 4.69) is 4.98 Å². The second-order valence-electron chi connectivity index (χ2n) is 5.90. The van der Waals surface area contributed by atoms with Gasteiger partial charge in [-0.3, -0.25) is 4.79 Å². The molecule has 25 heavy (non-hydrogen) atoms. The Morgan fingerprint density at radius 2 is 1.92 bits per heavy atom. The fourth-order valence-electron chi connectivity index (χ4n) is 2.73. The summed E-state index contributed by atoms with van der Waals surface area (Å²) in [7, 11) is 0. The van der Waals surface area contributed by atoms with Crippen LogP contribution in [0.2, 0.25) is 0 Å². The third-order valence-electron chi connectivity index (χ3n) is 4.07. The molecule has 2 aromatic carbocycles. The molecule has 0 aliphatic carbocycles. The SMILES string of the molecule is Cc1nc([C@H]2O[C@@H]2C(=O)c2ccccc2OCc2ccccc2)cs1. The zero-order valence-electron chi connectivity index (χ0n) is 13.7. The lowest BCUT2D eigenvalue weighted by Crippen LogP contribution is -2.11. The Kier molecular flexibility index (Phi) is 4.34. The van der Waals surface area contributed by atoms with E-state index in [1.54, 1.807) is 17.4 Å². The highest BCUT2D eigenvalue weighted by Crippen LogP contribution is 2.41. The smallest absolute Gasteiger partial charge is 0.198 e. The van der Waals surface area contributed by atoms with E-state index in [-0.39, 0.29) is 11.9 Å². The molecule has 126 valence electrons. The summed E-state index contributed by atoms with van der Waals surface area (Å²) in [5.41, 5.74) is 2.45. The van der Waals surface area contributed by atoms with Gasteiger partial charge in [0, 0.05) is 5.38 Å². The molecule has 3 aromatic rings. The summed E-state index contributed by atoms with van der Waals surface area (Å²) in [5.74, 6) is 0.527. The van der Waals surface area contributed by atoms with Gasteiger partial charge in [0.05, 0.1) is 16.3 Å². The molecule has 4 nitrogen and oxygen atoms in total. The molecule has 1 fully saturated rings. The number of carbonyl (C=O) groups excluding carboxylic acids is 1. The minimum absolute atomic E-state index is 0.0562. The van der Waals surface area contributed by atoms with Gasteiger partial charge in [-0.2, -0.15) is 0 Å². The fraction of sp³-hybridized carbons (Fsp3) is 0.200. The quantitative estimate of drug-likeness (QED) is 0.489. The fourth-order valence-corrected chi connectivity index (χ4v) is 3.37. The highest BCUT2D eigenvalue weighted by atomic mass is 32.1. The van der Waals surface area contributed by atoms with E-state index >= 15 is 0 Å². The Balaban J connectivity index is 1.48. The zero-order valence-corrected chi connectivity index (χ0v) is 14.5. The van der Waals surface area contributed by atoms with Gasteiger partial charge >= 0.3 is 0 Å². The number of hydrogen-bond donors (Lipinski definition) is 0. The number of aryl methyl sites for hydroxylation is 1. The molecule has 4 rings (SSSR count). The topological polar surface area (TPSA) is 51.7 Å². The van der Waals surface area contributed by atoms with Crippen molar-refractivity contribution in [2.75, 3.05) is 0 Å². The first kappa shape index (κ1) is 16.0. The van der Waals surface area contributed by atoms with E-state index in [9.17, 15) is 4.79 Å². The number of Topliss-reactive ketones (excluding diaryl/α,β-unsaturated/α-hetero) is 1. The van der Waals surface area contributed by atoms with E-state index in [1.807, 2.05) is 60.8 Å². The Morgan fingerprint density at radius 1 is 1.16 bits per heavy atom. The van der Waals surface area contributed by atoms with Crippen LogP contribution in [0, 0.1) is 6.92 Å². The summed E-state index contributed by atoms with van der Waals surface area (Å²) in [6, 6.07) is 17.2. The first-order valence-electron chi connectivity index (χ1n) is 8.10. The first-order chi connectivity index (χ1) is 12.2. The number of benzene rings is 2. The van der Waals surface area contributed by atoms with E-state index in [1.165, 1.54) is 0 Å². The minimum Gasteiger partial charge on any atom is -0.488 e. The molecule has 1 aromatic heterocycles. The average Bonchev–Trinajstić information content (AvgIpc) is 3.34. The number of thiazole rings is 1. The number of hydrogen-bond acceptors (Lipinski definition) is 5. The molecule has 0 spiro atoms. The number of ether oxygens (including phenoxy) is 2. The lowest BCUT2D eigenvalue weighted by atomic mass is 10.0. The van der Waals surface area contributed by atoms with Gasteiger partial charge in [-0.15, -0.1) is 11.3 Å². The predicted molar refractivity (Wildman–Crippen MR) is 96.0 cm³/mol. The molecule has 2 atom stereocenters. The first-order valence-corrected chi connectivity index (χ1v) is 8.98. The van der Waals surface area contributed by atoms with Crippen LogP contribution in [0.5, 0.6) is 5.75 Å². The third-order valence-corrected chi connectivity index (χ3v) is 4.86. The van der Waals surface area contributed by atoms with Crippen LogP contribution >= 0.6 is 11.3 Å². The van der Waals surface area contributed by atoms with Crippen LogP contribution in [0.15, 0.2) is 60.0 Å². The Labute approximate surface area is 150 Å². The Bertz CT molecular complexity index is 891. The lowest BCUT2D eigenvalue weighted by molar-refractivity contribution is 0.0949. The Hall–Kier alpha value is -2.50. The second-order valence-corrected chi connectivity index (χ2v) is 6.97. The summed E-state index contributed by atoms with van der Waals surface area (Å²) in [4.78, 5) is 17.2. The summed E-state index contributed by atoms with van der Waals surface area (Å²) < 4.78 is 11.5.